The first-order valence-electron chi connectivity index (χ1n) is 5.68. The van der Waals surface area contributed by atoms with Gasteiger partial charge >= 0.3 is 0 Å². The zero-order chi connectivity index (χ0) is 9.97. The third kappa shape index (κ3) is 2.08. The molecule has 0 aromatic rings. The molecule has 2 aliphatic rings. The fourth-order valence-corrected chi connectivity index (χ4v) is 3.46. The van der Waals surface area contributed by atoms with Crippen LogP contribution < -0.4 is 0 Å². The average molecular weight is 212 g/mol. The van der Waals surface area contributed by atoms with Crippen LogP contribution in [0.15, 0.2) is 0 Å². The third-order valence-corrected chi connectivity index (χ3v) is 4.64. The molecule has 0 spiro atoms. The summed E-state index contributed by atoms with van der Waals surface area (Å²) < 4.78 is 0. The summed E-state index contributed by atoms with van der Waals surface area (Å²) in [5.74, 6) is 0.906. The summed E-state index contributed by atoms with van der Waals surface area (Å²) in [5, 5.41) is 8.81. The normalized spacial score (nSPS) is 33.8. The Balaban J connectivity index is 1.91. The second-order valence-corrected chi connectivity index (χ2v) is 5.56. The maximum atomic E-state index is 7.95. The van der Waals surface area contributed by atoms with E-state index in [1.54, 1.807) is 0 Å². The Morgan fingerprint density at radius 3 is 2.86 bits per heavy atom. The molecule has 1 saturated carbocycles. The van der Waals surface area contributed by atoms with E-state index in [4.69, 9.17) is 5.41 Å². The first-order chi connectivity index (χ1) is 6.81. The molecule has 2 rings (SSSR count). The van der Waals surface area contributed by atoms with Gasteiger partial charge in [-0.2, -0.15) is 11.8 Å². The molecule has 0 amide bonds. The van der Waals surface area contributed by atoms with Gasteiger partial charge < -0.3 is 4.90 Å². The summed E-state index contributed by atoms with van der Waals surface area (Å²) in [5.41, 5.74) is 0. The number of hydrogen-bond acceptors (Lipinski definition) is 2. The van der Waals surface area contributed by atoms with Crippen molar-refractivity contribution in [2.24, 2.45) is 0 Å². The fraction of sp³-hybridized carbons (Fsp3) is 0.909. The molecule has 1 aliphatic carbocycles. The highest BCUT2D eigenvalue weighted by Crippen LogP contribution is 2.32. The number of piperidine rings is 1. The van der Waals surface area contributed by atoms with Gasteiger partial charge in [0, 0.05) is 24.3 Å². The van der Waals surface area contributed by atoms with Crippen LogP contribution in [0.2, 0.25) is 0 Å². The van der Waals surface area contributed by atoms with Gasteiger partial charge in [0.05, 0.1) is 5.84 Å². The van der Waals surface area contributed by atoms with Crippen LogP contribution in [-0.4, -0.2) is 34.8 Å². The Kier molecular flexibility index (Phi) is 3.37. The zero-order valence-corrected chi connectivity index (χ0v) is 9.78. The van der Waals surface area contributed by atoms with E-state index in [2.05, 4.69) is 11.2 Å². The second-order valence-electron chi connectivity index (χ2n) is 4.42. The number of nitrogens with one attached hydrogen (secondary N) is 1. The van der Waals surface area contributed by atoms with Crippen LogP contribution in [0, 0.1) is 5.41 Å². The summed E-state index contributed by atoms with van der Waals surface area (Å²) in [6.07, 6.45) is 9.73. The van der Waals surface area contributed by atoms with Gasteiger partial charge in [0.2, 0.25) is 0 Å². The molecule has 1 aliphatic heterocycles. The van der Waals surface area contributed by atoms with E-state index < -0.39 is 0 Å². The Bertz CT molecular complexity index is 217. The van der Waals surface area contributed by atoms with E-state index in [-0.39, 0.29) is 0 Å². The number of thioether (sulfide) groups is 1. The van der Waals surface area contributed by atoms with Crippen LogP contribution in [0.3, 0.4) is 0 Å². The van der Waals surface area contributed by atoms with Crippen LogP contribution in [-0.2, 0) is 0 Å². The maximum absolute atomic E-state index is 7.95. The zero-order valence-electron chi connectivity index (χ0n) is 8.96. The fourth-order valence-electron chi connectivity index (χ4n) is 2.67. The Labute approximate surface area is 90.9 Å². The molecule has 0 bridgehead atoms. The predicted molar refractivity (Wildman–Crippen MR) is 63.2 cm³/mol. The lowest BCUT2D eigenvalue weighted by molar-refractivity contribution is 0.283. The number of likely N-dealkylation sites (tertiary alicyclic amines) is 1. The average Bonchev–Trinajstić information content (AvgIpc) is 2.67. The molecule has 3 heteroatoms. The van der Waals surface area contributed by atoms with Gasteiger partial charge in [-0.3, -0.25) is 5.41 Å². The molecule has 1 N–H and O–H groups in total. The Hall–Kier alpha value is -0.180. The van der Waals surface area contributed by atoms with E-state index >= 15 is 0 Å². The minimum Gasteiger partial charge on any atom is -0.358 e. The van der Waals surface area contributed by atoms with Crippen molar-refractivity contribution in [3.8, 4) is 0 Å². The minimum absolute atomic E-state index is 0.695. The van der Waals surface area contributed by atoms with Crippen molar-refractivity contribution in [1.29, 1.82) is 5.41 Å². The van der Waals surface area contributed by atoms with Crippen molar-refractivity contribution >= 4 is 17.6 Å². The van der Waals surface area contributed by atoms with Crippen LogP contribution in [0.25, 0.3) is 0 Å². The molecule has 2 unspecified atom stereocenters. The number of hydrogen-bond donors (Lipinski definition) is 1. The first kappa shape index (κ1) is 10.3. The van der Waals surface area contributed by atoms with Gasteiger partial charge in [-0.1, -0.05) is 0 Å². The minimum atomic E-state index is 0.695. The highest BCUT2D eigenvalue weighted by Gasteiger charge is 2.30. The highest BCUT2D eigenvalue weighted by atomic mass is 32.2. The quantitative estimate of drug-likeness (QED) is 0.762. The Morgan fingerprint density at radius 1 is 1.36 bits per heavy atom. The van der Waals surface area contributed by atoms with Crippen molar-refractivity contribution in [2.75, 3.05) is 12.8 Å². The van der Waals surface area contributed by atoms with Crippen LogP contribution >= 0.6 is 11.8 Å². The van der Waals surface area contributed by atoms with Crippen molar-refractivity contribution < 1.29 is 0 Å². The van der Waals surface area contributed by atoms with Gasteiger partial charge in [-0.15, -0.1) is 0 Å². The predicted octanol–water partition coefficient (Wildman–Crippen LogP) is 2.73. The van der Waals surface area contributed by atoms with E-state index in [1.807, 2.05) is 11.8 Å². The largest absolute Gasteiger partial charge is 0.358 e. The summed E-state index contributed by atoms with van der Waals surface area (Å²) >= 11 is 2.00. The lowest BCUT2D eigenvalue weighted by atomic mass is 10.1. The van der Waals surface area contributed by atoms with Gasteiger partial charge in [-0.05, 0) is 38.4 Å². The molecule has 1 heterocycles. The van der Waals surface area contributed by atoms with Gasteiger partial charge in [0.15, 0.2) is 0 Å². The molecule has 2 atom stereocenters. The number of amidine groups is 1. The molecule has 2 nitrogen and oxygen atoms in total. The standard InChI is InChI=1S/C11H20N2S/c1-14-10-6-5-9(8-10)13-7-3-2-4-11(13)12/h9-10,12H,2-8H2,1H3. The van der Waals surface area contributed by atoms with Crippen molar-refractivity contribution in [3.63, 3.8) is 0 Å². The van der Waals surface area contributed by atoms with E-state index in [0.29, 0.717) is 6.04 Å². The summed E-state index contributed by atoms with van der Waals surface area (Å²) in [7, 11) is 0. The molecule has 0 radical (unpaired) electrons. The SMILES string of the molecule is CSC1CCC(N2CCCCC2=N)C1. The molecular weight excluding hydrogens is 192 g/mol. The van der Waals surface area contributed by atoms with E-state index in [1.165, 1.54) is 32.1 Å². The molecule has 2 fully saturated rings. The van der Waals surface area contributed by atoms with Crippen molar-refractivity contribution in [3.05, 3.63) is 0 Å². The summed E-state index contributed by atoms with van der Waals surface area (Å²) in [4.78, 5) is 2.37. The van der Waals surface area contributed by atoms with Crippen LogP contribution in [0.4, 0.5) is 0 Å². The summed E-state index contributed by atoms with van der Waals surface area (Å²) in [6.45, 7) is 1.14. The number of rotatable bonds is 2. The van der Waals surface area contributed by atoms with Crippen LogP contribution in [0.1, 0.15) is 38.5 Å². The van der Waals surface area contributed by atoms with Crippen LogP contribution in [0.5, 0.6) is 0 Å². The van der Waals surface area contributed by atoms with E-state index in [9.17, 15) is 0 Å². The highest BCUT2D eigenvalue weighted by molar-refractivity contribution is 7.99. The van der Waals surface area contributed by atoms with Gasteiger partial charge in [-0.25, -0.2) is 0 Å². The molecule has 80 valence electrons. The third-order valence-electron chi connectivity index (χ3n) is 3.54. The topological polar surface area (TPSA) is 27.1 Å². The monoisotopic (exact) mass is 212 g/mol. The molecular formula is C11H20N2S. The summed E-state index contributed by atoms with van der Waals surface area (Å²) in [6, 6.07) is 0.695. The molecule has 0 aromatic heterocycles. The van der Waals surface area contributed by atoms with Crippen molar-refractivity contribution in [2.45, 2.75) is 49.8 Å². The molecule has 0 aromatic carbocycles. The molecule has 14 heavy (non-hydrogen) atoms. The Morgan fingerprint density at radius 2 is 2.21 bits per heavy atom. The lowest BCUT2D eigenvalue weighted by Gasteiger charge is -2.34. The van der Waals surface area contributed by atoms with Gasteiger partial charge in [0.25, 0.3) is 0 Å². The van der Waals surface area contributed by atoms with Crippen molar-refractivity contribution in [1.82, 2.24) is 4.90 Å². The first-order valence-corrected chi connectivity index (χ1v) is 6.97. The second kappa shape index (κ2) is 4.56. The van der Waals surface area contributed by atoms with E-state index in [0.717, 1.165) is 24.1 Å². The maximum Gasteiger partial charge on any atom is 0.0960 e. The van der Waals surface area contributed by atoms with Gasteiger partial charge in [0.1, 0.15) is 0 Å². The number of nitrogens with zero attached hydrogens (tertiary/aromatic N) is 1. The molecule has 1 saturated heterocycles. The smallest absolute Gasteiger partial charge is 0.0960 e. The lowest BCUT2D eigenvalue weighted by Crippen LogP contribution is -2.41.